The van der Waals surface area contributed by atoms with Gasteiger partial charge in [0.25, 0.3) is 0 Å². The first-order valence-corrected chi connectivity index (χ1v) is 6.16. The van der Waals surface area contributed by atoms with Gasteiger partial charge in [-0.1, -0.05) is 18.5 Å². The van der Waals surface area contributed by atoms with E-state index in [4.69, 9.17) is 25.8 Å². The van der Waals surface area contributed by atoms with Crippen molar-refractivity contribution in [3.63, 3.8) is 0 Å². The molecule has 0 aromatic heterocycles. The fraction of sp³-hybridized carbons (Fsp3) is 0.462. The minimum absolute atomic E-state index is 0.0192. The van der Waals surface area contributed by atoms with E-state index >= 15 is 0 Å². The Bertz CT molecular complexity index is 459. The molecule has 1 aliphatic rings. The molecule has 0 aliphatic carbocycles. The molecule has 0 amide bonds. The van der Waals surface area contributed by atoms with Crippen LogP contribution >= 0.6 is 11.6 Å². The monoisotopic (exact) mass is 270 g/mol. The van der Waals surface area contributed by atoms with E-state index in [0.717, 1.165) is 11.8 Å². The lowest BCUT2D eigenvalue weighted by Gasteiger charge is -2.24. The number of halogens is 1. The van der Waals surface area contributed by atoms with Crippen molar-refractivity contribution in [2.45, 2.75) is 19.3 Å². The third-order valence-corrected chi connectivity index (χ3v) is 3.29. The Morgan fingerprint density at radius 2 is 2.22 bits per heavy atom. The van der Waals surface area contributed by atoms with E-state index in [1.807, 2.05) is 13.0 Å². The molecule has 1 aliphatic heterocycles. The van der Waals surface area contributed by atoms with Crippen molar-refractivity contribution in [2.75, 3.05) is 20.3 Å². The lowest BCUT2D eigenvalue weighted by atomic mass is 9.96. The van der Waals surface area contributed by atoms with E-state index in [9.17, 15) is 4.79 Å². The maximum Gasteiger partial charge on any atom is 0.183 e. The molecule has 1 unspecified atom stereocenters. The summed E-state index contributed by atoms with van der Waals surface area (Å²) in [7, 11) is 1.55. The molecule has 0 saturated heterocycles. The lowest BCUT2D eigenvalue weighted by molar-refractivity contribution is -0.108. The second-order valence-electron chi connectivity index (χ2n) is 4.14. The summed E-state index contributed by atoms with van der Waals surface area (Å²) in [5.41, 5.74) is 0.860. The van der Waals surface area contributed by atoms with Gasteiger partial charge in [-0.05, 0) is 12.0 Å². The minimum Gasteiger partial charge on any atom is -0.495 e. The molecule has 5 heteroatoms. The zero-order valence-corrected chi connectivity index (χ0v) is 11.1. The number of benzene rings is 1. The highest BCUT2D eigenvalue weighted by atomic mass is 35.5. The summed E-state index contributed by atoms with van der Waals surface area (Å²) in [6.45, 7) is 2.91. The molecular formula is C13H15ClO4. The van der Waals surface area contributed by atoms with Crippen molar-refractivity contribution in [1.29, 1.82) is 0 Å². The molecule has 98 valence electrons. The number of hydrogen-bond donors (Lipinski definition) is 0. The van der Waals surface area contributed by atoms with E-state index in [-0.39, 0.29) is 5.92 Å². The number of carbonyl (C=O) groups excluding carboxylic acids is 1. The van der Waals surface area contributed by atoms with E-state index in [0.29, 0.717) is 41.9 Å². The van der Waals surface area contributed by atoms with Gasteiger partial charge in [0.15, 0.2) is 11.5 Å². The number of fused-ring (bicyclic) bond motifs is 1. The maximum absolute atomic E-state index is 10.6. The molecule has 1 heterocycles. The van der Waals surface area contributed by atoms with Crippen molar-refractivity contribution in [1.82, 2.24) is 0 Å². The minimum atomic E-state index is 0.0192. The van der Waals surface area contributed by atoms with E-state index in [1.54, 1.807) is 7.11 Å². The topological polar surface area (TPSA) is 44.8 Å². The number of ether oxygens (including phenoxy) is 3. The number of rotatable bonds is 4. The average molecular weight is 271 g/mol. The molecule has 1 atom stereocenters. The van der Waals surface area contributed by atoms with Gasteiger partial charge < -0.3 is 19.0 Å². The second kappa shape index (κ2) is 5.48. The summed E-state index contributed by atoms with van der Waals surface area (Å²) >= 11 is 6.26. The van der Waals surface area contributed by atoms with Gasteiger partial charge >= 0.3 is 0 Å². The van der Waals surface area contributed by atoms with Crippen LogP contribution in [-0.4, -0.2) is 26.6 Å². The summed E-state index contributed by atoms with van der Waals surface area (Å²) < 4.78 is 16.3. The SMILES string of the molecule is COc1c(C(C)CC=O)cc2c(c1Cl)OCCO2. The number of hydrogen-bond acceptors (Lipinski definition) is 4. The van der Waals surface area contributed by atoms with E-state index < -0.39 is 0 Å². The number of methoxy groups -OCH3 is 1. The normalized spacial score (nSPS) is 15.1. The van der Waals surface area contributed by atoms with Crippen LogP contribution in [0.1, 0.15) is 24.8 Å². The molecule has 0 saturated carbocycles. The van der Waals surface area contributed by atoms with Crippen molar-refractivity contribution >= 4 is 17.9 Å². The predicted octanol–water partition coefficient (Wildman–Crippen LogP) is 2.81. The first kappa shape index (κ1) is 13.0. The van der Waals surface area contributed by atoms with Crippen LogP contribution in [0.4, 0.5) is 0 Å². The Morgan fingerprint density at radius 1 is 1.50 bits per heavy atom. The quantitative estimate of drug-likeness (QED) is 0.789. The summed E-state index contributed by atoms with van der Waals surface area (Å²) in [5.74, 6) is 1.70. The largest absolute Gasteiger partial charge is 0.495 e. The van der Waals surface area contributed by atoms with E-state index in [2.05, 4.69) is 0 Å². The standard InChI is InChI=1S/C13H15ClO4/c1-8(3-4-15)9-7-10-13(18-6-5-17-10)11(14)12(9)16-2/h4,7-8H,3,5-6H2,1-2H3. The fourth-order valence-corrected chi connectivity index (χ4v) is 2.33. The van der Waals surface area contributed by atoms with Gasteiger partial charge in [-0.15, -0.1) is 0 Å². The Balaban J connectivity index is 2.51. The van der Waals surface area contributed by atoms with Gasteiger partial charge in [0.05, 0.1) is 7.11 Å². The fourth-order valence-electron chi connectivity index (χ4n) is 1.99. The Morgan fingerprint density at radius 3 is 2.89 bits per heavy atom. The van der Waals surface area contributed by atoms with Crippen LogP contribution in [0.2, 0.25) is 5.02 Å². The molecule has 18 heavy (non-hydrogen) atoms. The van der Waals surface area contributed by atoms with Gasteiger partial charge in [-0.3, -0.25) is 0 Å². The lowest BCUT2D eigenvalue weighted by Crippen LogP contribution is -2.16. The highest BCUT2D eigenvalue weighted by Crippen LogP contribution is 2.47. The molecule has 0 bridgehead atoms. The van der Waals surface area contributed by atoms with Gasteiger partial charge in [0.1, 0.15) is 30.3 Å². The first-order valence-electron chi connectivity index (χ1n) is 5.78. The molecule has 4 nitrogen and oxygen atoms in total. The zero-order valence-electron chi connectivity index (χ0n) is 10.4. The maximum atomic E-state index is 10.6. The molecule has 1 aromatic carbocycles. The second-order valence-corrected chi connectivity index (χ2v) is 4.52. The molecule has 0 fully saturated rings. The molecule has 1 aromatic rings. The van der Waals surface area contributed by atoms with Gasteiger partial charge in [-0.2, -0.15) is 0 Å². The summed E-state index contributed by atoms with van der Waals surface area (Å²) in [5, 5.41) is 0.405. The Kier molecular flexibility index (Phi) is 3.97. The van der Waals surface area contributed by atoms with Crippen LogP contribution in [-0.2, 0) is 4.79 Å². The summed E-state index contributed by atoms with van der Waals surface area (Å²) in [4.78, 5) is 10.6. The molecule has 0 spiro atoms. The van der Waals surface area contributed by atoms with Gasteiger partial charge in [-0.25, -0.2) is 0 Å². The van der Waals surface area contributed by atoms with Crippen LogP contribution in [0.5, 0.6) is 17.2 Å². The molecular weight excluding hydrogens is 256 g/mol. The number of carbonyl (C=O) groups is 1. The van der Waals surface area contributed by atoms with Crippen molar-refractivity contribution in [2.24, 2.45) is 0 Å². The van der Waals surface area contributed by atoms with Crippen LogP contribution < -0.4 is 14.2 Å². The molecule has 0 N–H and O–H groups in total. The molecule has 2 rings (SSSR count). The first-order chi connectivity index (χ1) is 8.69. The van der Waals surface area contributed by atoms with Crippen LogP contribution in [0.25, 0.3) is 0 Å². The highest BCUT2D eigenvalue weighted by molar-refractivity contribution is 6.34. The third kappa shape index (κ3) is 2.25. The third-order valence-electron chi connectivity index (χ3n) is 2.94. The predicted molar refractivity (Wildman–Crippen MR) is 68.1 cm³/mol. The van der Waals surface area contributed by atoms with Crippen molar-refractivity contribution in [3.8, 4) is 17.2 Å². The smallest absolute Gasteiger partial charge is 0.183 e. The Hall–Kier alpha value is -1.42. The average Bonchev–Trinajstić information content (AvgIpc) is 2.39. The van der Waals surface area contributed by atoms with Crippen molar-refractivity contribution in [3.05, 3.63) is 16.7 Å². The van der Waals surface area contributed by atoms with E-state index in [1.165, 1.54) is 0 Å². The zero-order chi connectivity index (χ0) is 13.1. The van der Waals surface area contributed by atoms with Crippen LogP contribution in [0, 0.1) is 0 Å². The van der Waals surface area contributed by atoms with Crippen LogP contribution in [0.15, 0.2) is 6.07 Å². The number of aldehydes is 1. The Labute approximate surface area is 111 Å². The van der Waals surface area contributed by atoms with Crippen molar-refractivity contribution < 1.29 is 19.0 Å². The summed E-state index contributed by atoms with van der Waals surface area (Å²) in [6, 6.07) is 1.84. The molecule has 0 radical (unpaired) electrons. The van der Waals surface area contributed by atoms with Crippen LogP contribution in [0.3, 0.4) is 0 Å². The van der Waals surface area contributed by atoms with Gasteiger partial charge in [0.2, 0.25) is 0 Å². The van der Waals surface area contributed by atoms with Gasteiger partial charge in [0, 0.05) is 12.0 Å². The highest BCUT2D eigenvalue weighted by Gasteiger charge is 2.24. The summed E-state index contributed by atoms with van der Waals surface area (Å²) in [6.07, 6.45) is 1.29.